The van der Waals surface area contributed by atoms with Gasteiger partial charge in [-0.25, -0.2) is 4.98 Å². The molecule has 0 aromatic carbocycles. The maximum Gasteiger partial charge on any atom is 0.573 e. The standard InChI is InChI=1S/C7H5BrF4N2O/c8-3-1-5(9)14-4(2-13)6(3)15-7(10,11)12/h1H,2,13H2. The Kier molecular flexibility index (Phi) is 3.50. The number of hydrogen-bond acceptors (Lipinski definition) is 3. The van der Waals surface area contributed by atoms with Gasteiger partial charge in [0.05, 0.1) is 4.47 Å². The van der Waals surface area contributed by atoms with Crippen LogP contribution in [0.5, 0.6) is 5.75 Å². The number of pyridine rings is 1. The Bertz CT molecular complexity index is 369. The molecule has 1 aromatic rings. The molecule has 0 saturated carbocycles. The quantitative estimate of drug-likeness (QED) is 0.671. The second kappa shape index (κ2) is 4.31. The van der Waals surface area contributed by atoms with Gasteiger partial charge in [0.25, 0.3) is 0 Å². The predicted molar refractivity (Wildman–Crippen MR) is 46.5 cm³/mol. The summed E-state index contributed by atoms with van der Waals surface area (Å²) in [5.74, 6) is -1.55. The zero-order chi connectivity index (χ0) is 11.6. The highest BCUT2D eigenvalue weighted by molar-refractivity contribution is 9.10. The van der Waals surface area contributed by atoms with Gasteiger partial charge in [-0.05, 0) is 15.9 Å². The summed E-state index contributed by atoms with van der Waals surface area (Å²) in [4.78, 5) is 3.19. The molecule has 1 aromatic heterocycles. The van der Waals surface area contributed by atoms with E-state index >= 15 is 0 Å². The van der Waals surface area contributed by atoms with E-state index < -0.39 is 18.1 Å². The fourth-order valence-electron chi connectivity index (χ4n) is 0.882. The highest BCUT2D eigenvalue weighted by Crippen LogP contribution is 2.32. The summed E-state index contributed by atoms with van der Waals surface area (Å²) in [6.07, 6.45) is -4.87. The molecule has 8 heteroatoms. The van der Waals surface area contributed by atoms with Gasteiger partial charge in [-0.3, -0.25) is 0 Å². The topological polar surface area (TPSA) is 48.1 Å². The van der Waals surface area contributed by atoms with Gasteiger partial charge in [-0.15, -0.1) is 13.2 Å². The zero-order valence-corrected chi connectivity index (χ0v) is 8.69. The third-order valence-electron chi connectivity index (χ3n) is 1.38. The molecule has 0 aliphatic rings. The van der Waals surface area contributed by atoms with Crippen molar-refractivity contribution < 1.29 is 22.3 Å². The first-order valence-electron chi connectivity index (χ1n) is 3.64. The Morgan fingerprint density at radius 1 is 1.47 bits per heavy atom. The Hall–Kier alpha value is -0.890. The van der Waals surface area contributed by atoms with Gasteiger partial charge in [0.15, 0.2) is 5.75 Å². The predicted octanol–water partition coefficient (Wildman–Crippen LogP) is 2.34. The van der Waals surface area contributed by atoms with Crippen LogP contribution in [0.1, 0.15) is 5.69 Å². The molecule has 0 unspecified atom stereocenters. The van der Waals surface area contributed by atoms with Crippen LogP contribution in [0, 0.1) is 5.95 Å². The third kappa shape index (κ3) is 3.31. The number of nitrogens with two attached hydrogens (primary N) is 1. The minimum atomic E-state index is -4.87. The maximum absolute atomic E-state index is 12.7. The number of hydrogen-bond donors (Lipinski definition) is 1. The van der Waals surface area contributed by atoms with E-state index in [0.29, 0.717) is 0 Å². The largest absolute Gasteiger partial charge is 0.573 e. The van der Waals surface area contributed by atoms with Crippen LogP contribution in [0.15, 0.2) is 10.5 Å². The Morgan fingerprint density at radius 3 is 2.53 bits per heavy atom. The van der Waals surface area contributed by atoms with Crippen LogP contribution in [0.4, 0.5) is 17.6 Å². The lowest BCUT2D eigenvalue weighted by Gasteiger charge is -2.13. The fourth-order valence-corrected chi connectivity index (χ4v) is 1.38. The lowest BCUT2D eigenvalue weighted by atomic mass is 10.3. The first-order chi connectivity index (χ1) is 6.83. The van der Waals surface area contributed by atoms with E-state index in [4.69, 9.17) is 5.73 Å². The molecule has 84 valence electrons. The molecule has 15 heavy (non-hydrogen) atoms. The van der Waals surface area contributed by atoms with Gasteiger partial charge in [0.2, 0.25) is 5.95 Å². The second-order valence-electron chi connectivity index (χ2n) is 2.45. The smallest absolute Gasteiger partial charge is 0.403 e. The average molecular weight is 289 g/mol. The molecule has 0 spiro atoms. The molecular formula is C7H5BrF4N2O. The van der Waals surface area contributed by atoms with Crippen molar-refractivity contribution >= 4 is 15.9 Å². The van der Waals surface area contributed by atoms with Crippen molar-refractivity contribution in [2.24, 2.45) is 5.73 Å². The van der Waals surface area contributed by atoms with Gasteiger partial charge < -0.3 is 10.5 Å². The summed E-state index contributed by atoms with van der Waals surface area (Å²) in [5, 5.41) is 0. The molecular weight excluding hydrogens is 284 g/mol. The lowest BCUT2D eigenvalue weighted by Crippen LogP contribution is -2.20. The normalized spacial score (nSPS) is 11.6. The fraction of sp³-hybridized carbons (Fsp3) is 0.286. The van der Waals surface area contributed by atoms with Crippen LogP contribution in [0.2, 0.25) is 0 Å². The molecule has 0 aliphatic heterocycles. The van der Waals surface area contributed by atoms with Gasteiger partial charge in [0.1, 0.15) is 5.69 Å². The van der Waals surface area contributed by atoms with E-state index in [0.717, 1.165) is 6.07 Å². The minimum absolute atomic E-state index is 0.187. The monoisotopic (exact) mass is 288 g/mol. The van der Waals surface area contributed by atoms with Crippen LogP contribution in [0.3, 0.4) is 0 Å². The van der Waals surface area contributed by atoms with Crippen molar-refractivity contribution in [2.45, 2.75) is 12.9 Å². The van der Waals surface area contributed by atoms with E-state index in [1.165, 1.54) is 0 Å². The van der Waals surface area contributed by atoms with E-state index in [-0.39, 0.29) is 16.7 Å². The number of nitrogens with zero attached hydrogens (tertiary/aromatic N) is 1. The SMILES string of the molecule is NCc1nc(F)cc(Br)c1OC(F)(F)F. The van der Waals surface area contributed by atoms with Crippen LogP contribution in [0.25, 0.3) is 0 Å². The van der Waals surface area contributed by atoms with Crippen LogP contribution >= 0.6 is 15.9 Å². The number of halogens is 5. The van der Waals surface area contributed by atoms with Gasteiger partial charge in [-0.2, -0.15) is 4.39 Å². The van der Waals surface area contributed by atoms with E-state index in [1.54, 1.807) is 0 Å². The van der Waals surface area contributed by atoms with E-state index in [2.05, 4.69) is 25.7 Å². The summed E-state index contributed by atoms with van der Waals surface area (Å²) in [6.45, 7) is -0.359. The highest BCUT2D eigenvalue weighted by atomic mass is 79.9. The van der Waals surface area contributed by atoms with Crippen LogP contribution in [-0.4, -0.2) is 11.3 Å². The molecule has 0 radical (unpaired) electrons. The van der Waals surface area contributed by atoms with Gasteiger partial charge in [0, 0.05) is 12.6 Å². The molecule has 1 heterocycles. The molecule has 2 N–H and O–H groups in total. The molecule has 0 bridgehead atoms. The third-order valence-corrected chi connectivity index (χ3v) is 1.97. The zero-order valence-electron chi connectivity index (χ0n) is 7.11. The Labute approximate surface area is 90.4 Å². The minimum Gasteiger partial charge on any atom is -0.403 e. The number of rotatable bonds is 2. The number of alkyl halides is 3. The van der Waals surface area contributed by atoms with Crippen LogP contribution < -0.4 is 10.5 Å². The number of ether oxygens (including phenoxy) is 1. The first-order valence-corrected chi connectivity index (χ1v) is 4.43. The first kappa shape index (κ1) is 12.2. The van der Waals surface area contributed by atoms with Crippen molar-refractivity contribution in [1.29, 1.82) is 0 Å². The van der Waals surface area contributed by atoms with Crippen molar-refractivity contribution in [1.82, 2.24) is 4.98 Å². The molecule has 0 saturated heterocycles. The molecule has 0 aliphatic carbocycles. The summed E-state index contributed by atoms with van der Waals surface area (Å²) < 4.78 is 52.0. The molecule has 0 amide bonds. The summed E-state index contributed by atoms with van der Waals surface area (Å²) >= 11 is 2.73. The number of aromatic nitrogens is 1. The van der Waals surface area contributed by atoms with Gasteiger partial charge in [-0.1, -0.05) is 0 Å². The molecule has 3 nitrogen and oxygen atoms in total. The Balaban J connectivity index is 3.15. The molecule has 1 rings (SSSR count). The van der Waals surface area contributed by atoms with Gasteiger partial charge >= 0.3 is 6.36 Å². The lowest BCUT2D eigenvalue weighted by molar-refractivity contribution is -0.275. The maximum atomic E-state index is 12.7. The van der Waals surface area contributed by atoms with E-state index in [1.807, 2.05) is 0 Å². The summed E-state index contributed by atoms with van der Waals surface area (Å²) in [5.41, 5.74) is 4.80. The highest BCUT2D eigenvalue weighted by Gasteiger charge is 2.33. The van der Waals surface area contributed by atoms with Crippen molar-refractivity contribution in [3.8, 4) is 5.75 Å². The van der Waals surface area contributed by atoms with Crippen molar-refractivity contribution in [3.05, 3.63) is 22.2 Å². The summed E-state index contributed by atoms with van der Waals surface area (Å²) in [7, 11) is 0. The average Bonchev–Trinajstić information content (AvgIpc) is 2.07. The molecule has 0 fully saturated rings. The molecule has 0 atom stereocenters. The van der Waals surface area contributed by atoms with Crippen LogP contribution in [-0.2, 0) is 6.54 Å². The van der Waals surface area contributed by atoms with E-state index in [9.17, 15) is 17.6 Å². The Morgan fingerprint density at radius 2 is 2.07 bits per heavy atom. The van der Waals surface area contributed by atoms with Crippen molar-refractivity contribution in [3.63, 3.8) is 0 Å². The van der Waals surface area contributed by atoms with Crippen molar-refractivity contribution in [2.75, 3.05) is 0 Å². The second-order valence-corrected chi connectivity index (χ2v) is 3.31. The summed E-state index contributed by atoms with van der Waals surface area (Å²) in [6, 6.07) is 0.764.